The lowest BCUT2D eigenvalue weighted by Crippen LogP contribution is -2.48. The Labute approximate surface area is 200 Å². The number of carboxylic acids is 1. The molecule has 0 spiro atoms. The quantitative estimate of drug-likeness (QED) is 0.413. The highest BCUT2D eigenvalue weighted by molar-refractivity contribution is 8.03. The average Bonchev–Trinajstić information content (AvgIpc) is 2.82. The summed E-state index contributed by atoms with van der Waals surface area (Å²) in [5, 5.41) is 22.0. The third-order valence-corrected chi connectivity index (χ3v) is 7.05. The fraction of sp³-hybridized carbons (Fsp3) is 0.370. The molecule has 0 saturated heterocycles. The maximum Gasteiger partial charge on any atom is 0.305 e. The summed E-state index contributed by atoms with van der Waals surface area (Å²) in [4.78, 5) is 13.5. The van der Waals surface area contributed by atoms with Crippen LogP contribution in [0.25, 0.3) is 0 Å². The molecule has 0 aliphatic heterocycles. The van der Waals surface area contributed by atoms with Gasteiger partial charge in [0, 0.05) is 9.80 Å². The second kappa shape index (κ2) is 12.2. The Kier molecular flexibility index (Phi) is 9.32. The highest BCUT2D eigenvalue weighted by atomic mass is 32.2. The fourth-order valence-electron chi connectivity index (χ4n) is 3.91. The van der Waals surface area contributed by atoms with Gasteiger partial charge in [0.15, 0.2) is 0 Å². The highest BCUT2D eigenvalue weighted by Crippen LogP contribution is 2.32. The molecular formula is C27H33NO4S. The molecule has 3 rings (SSSR count). The highest BCUT2D eigenvalue weighted by Gasteiger charge is 2.30. The summed E-state index contributed by atoms with van der Waals surface area (Å²) in [6, 6.07) is 16.6. The van der Waals surface area contributed by atoms with Gasteiger partial charge < -0.3 is 20.3 Å². The largest absolute Gasteiger partial charge is 0.481 e. The number of benzene rings is 2. The van der Waals surface area contributed by atoms with Crippen molar-refractivity contribution in [3.63, 3.8) is 0 Å². The van der Waals surface area contributed by atoms with E-state index in [1.807, 2.05) is 18.2 Å². The molecule has 1 aliphatic carbocycles. The van der Waals surface area contributed by atoms with Crippen LogP contribution in [0, 0.1) is 6.92 Å². The third kappa shape index (κ3) is 7.57. The first kappa shape index (κ1) is 25.2. The van der Waals surface area contributed by atoms with Gasteiger partial charge in [0.25, 0.3) is 0 Å². The average molecular weight is 468 g/mol. The number of carboxylic acid groups (broad SMARTS) is 1. The second-order valence-electron chi connectivity index (χ2n) is 8.49. The summed E-state index contributed by atoms with van der Waals surface area (Å²) in [6.45, 7) is 2.47. The van der Waals surface area contributed by atoms with Crippen molar-refractivity contribution in [3.8, 4) is 0 Å². The van der Waals surface area contributed by atoms with Crippen molar-refractivity contribution < 1.29 is 19.7 Å². The van der Waals surface area contributed by atoms with Crippen LogP contribution in [-0.4, -0.2) is 41.5 Å². The summed E-state index contributed by atoms with van der Waals surface area (Å²) in [6.07, 6.45) is 8.58. The van der Waals surface area contributed by atoms with Crippen LogP contribution in [-0.2, 0) is 22.6 Å². The molecule has 6 heteroatoms. The molecule has 2 unspecified atom stereocenters. The van der Waals surface area contributed by atoms with Gasteiger partial charge in [-0.3, -0.25) is 4.79 Å². The SMILES string of the molecule is CNC(CO)(CCc1ccc(SC2=CC(OCc3ccccc3)CC=C2)cc1C)CC(=O)O. The van der Waals surface area contributed by atoms with Crippen LogP contribution in [0.1, 0.15) is 36.0 Å². The number of hydrogen-bond acceptors (Lipinski definition) is 5. The predicted molar refractivity (Wildman–Crippen MR) is 133 cm³/mol. The first-order chi connectivity index (χ1) is 15.9. The number of carbonyl (C=O) groups is 1. The van der Waals surface area contributed by atoms with Crippen LogP contribution in [0.2, 0.25) is 0 Å². The summed E-state index contributed by atoms with van der Waals surface area (Å²) in [5.41, 5.74) is 2.69. The lowest BCUT2D eigenvalue weighted by atomic mass is 9.88. The number of allylic oxidation sites excluding steroid dienone is 1. The van der Waals surface area contributed by atoms with Crippen molar-refractivity contribution in [3.05, 3.63) is 88.4 Å². The van der Waals surface area contributed by atoms with E-state index in [9.17, 15) is 15.0 Å². The Hall–Kier alpha value is -2.38. The number of aryl methyl sites for hydroxylation is 2. The Morgan fingerprint density at radius 1 is 1.24 bits per heavy atom. The molecule has 3 N–H and O–H groups in total. The Morgan fingerprint density at radius 2 is 2.03 bits per heavy atom. The van der Waals surface area contributed by atoms with Crippen LogP contribution in [0.5, 0.6) is 0 Å². The van der Waals surface area contributed by atoms with Crippen molar-refractivity contribution >= 4 is 17.7 Å². The van der Waals surface area contributed by atoms with E-state index < -0.39 is 11.5 Å². The number of rotatable bonds is 12. The lowest BCUT2D eigenvalue weighted by Gasteiger charge is -2.30. The molecule has 0 saturated carbocycles. The van der Waals surface area contributed by atoms with Crippen molar-refractivity contribution in [1.29, 1.82) is 0 Å². The fourth-order valence-corrected chi connectivity index (χ4v) is 4.94. The number of nitrogens with one attached hydrogen (secondary N) is 1. The van der Waals surface area contributed by atoms with E-state index in [-0.39, 0.29) is 19.1 Å². The Balaban J connectivity index is 1.59. The maximum atomic E-state index is 11.2. The molecule has 0 fully saturated rings. The van der Waals surface area contributed by atoms with Crippen LogP contribution < -0.4 is 5.32 Å². The summed E-state index contributed by atoms with van der Waals surface area (Å²) in [7, 11) is 1.70. The van der Waals surface area contributed by atoms with Crippen LogP contribution in [0.15, 0.2) is 76.6 Å². The van der Waals surface area contributed by atoms with Gasteiger partial charge in [-0.1, -0.05) is 60.3 Å². The monoisotopic (exact) mass is 467 g/mol. The van der Waals surface area contributed by atoms with Gasteiger partial charge in [-0.25, -0.2) is 0 Å². The summed E-state index contributed by atoms with van der Waals surface area (Å²) >= 11 is 1.72. The molecule has 176 valence electrons. The standard InChI is InChI=1S/C27H33NO4S/c1-20-15-25(12-11-22(20)13-14-27(19-29,28-2)17-26(30)31)33-24-10-6-9-23(16-24)32-18-21-7-4-3-5-8-21/h3-8,10-12,15-16,23,28-29H,9,13-14,17-19H2,1-2H3,(H,30,31). The minimum atomic E-state index is -0.915. The summed E-state index contributed by atoms with van der Waals surface area (Å²) < 4.78 is 6.08. The zero-order valence-corrected chi connectivity index (χ0v) is 20.1. The number of thioether (sulfide) groups is 1. The van der Waals surface area contributed by atoms with Crippen LogP contribution in [0.3, 0.4) is 0 Å². The van der Waals surface area contributed by atoms with Gasteiger partial charge in [-0.2, -0.15) is 0 Å². The van der Waals surface area contributed by atoms with E-state index in [4.69, 9.17) is 4.74 Å². The normalized spacial score (nSPS) is 17.4. The topological polar surface area (TPSA) is 78.8 Å². The van der Waals surface area contributed by atoms with Crippen molar-refractivity contribution in [2.45, 2.75) is 55.8 Å². The van der Waals surface area contributed by atoms with Crippen molar-refractivity contribution in [2.75, 3.05) is 13.7 Å². The second-order valence-corrected chi connectivity index (χ2v) is 9.64. The zero-order chi connectivity index (χ0) is 23.7. The summed E-state index contributed by atoms with van der Waals surface area (Å²) in [5.74, 6) is -0.915. The molecule has 2 aromatic rings. The molecule has 0 aromatic heterocycles. The van der Waals surface area contributed by atoms with Gasteiger partial charge in [0.1, 0.15) is 0 Å². The van der Waals surface area contributed by atoms with Crippen molar-refractivity contribution in [2.24, 2.45) is 0 Å². The number of aliphatic hydroxyl groups excluding tert-OH is 1. The minimum absolute atomic E-state index is 0.0699. The number of likely N-dealkylation sites (N-methyl/N-ethyl adjacent to an activating group) is 1. The number of aliphatic hydroxyl groups is 1. The first-order valence-electron chi connectivity index (χ1n) is 11.3. The lowest BCUT2D eigenvalue weighted by molar-refractivity contribution is -0.139. The van der Waals surface area contributed by atoms with E-state index in [2.05, 4.69) is 60.8 Å². The smallest absolute Gasteiger partial charge is 0.305 e. The van der Waals surface area contributed by atoms with E-state index in [1.165, 1.54) is 10.5 Å². The Morgan fingerprint density at radius 3 is 2.70 bits per heavy atom. The molecule has 0 amide bonds. The van der Waals surface area contributed by atoms with Gasteiger partial charge in [0.2, 0.25) is 0 Å². The van der Waals surface area contributed by atoms with Crippen LogP contribution >= 0.6 is 11.8 Å². The number of aliphatic carboxylic acids is 1. The van der Waals surface area contributed by atoms with E-state index in [0.717, 1.165) is 22.4 Å². The number of hydrogen-bond donors (Lipinski definition) is 3. The van der Waals surface area contributed by atoms with Crippen LogP contribution in [0.4, 0.5) is 0 Å². The Bertz CT molecular complexity index is 983. The van der Waals surface area contributed by atoms with Gasteiger partial charge in [-0.15, -0.1) is 0 Å². The predicted octanol–water partition coefficient (Wildman–Crippen LogP) is 4.87. The van der Waals surface area contributed by atoms with Crippen molar-refractivity contribution in [1.82, 2.24) is 5.32 Å². The maximum absolute atomic E-state index is 11.2. The van der Waals surface area contributed by atoms with E-state index in [0.29, 0.717) is 19.4 Å². The molecule has 0 bridgehead atoms. The first-order valence-corrected chi connectivity index (χ1v) is 12.1. The molecule has 5 nitrogen and oxygen atoms in total. The van der Waals surface area contributed by atoms with E-state index >= 15 is 0 Å². The third-order valence-electron chi connectivity index (χ3n) is 6.05. The van der Waals surface area contributed by atoms with Gasteiger partial charge in [-0.05, 0) is 68.1 Å². The molecule has 2 aromatic carbocycles. The molecule has 0 radical (unpaired) electrons. The molecule has 2 atom stereocenters. The minimum Gasteiger partial charge on any atom is -0.481 e. The molecular weight excluding hydrogens is 434 g/mol. The molecule has 33 heavy (non-hydrogen) atoms. The molecule has 1 aliphatic rings. The zero-order valence-electron chi connectivity index (χ0n) is 19.3. The van der Waals surface area contributed by atoms with Gasteiger partial charge >= 0.3 is 5.97 Å². The molecule has 0 heterocycles. The van der Waals surface area contributed by atoms with E-state index in [1.54, 1.807) is 18.8 Å². The number of ether oxygens (including phenoxy) is 1. The van der Waals surface area contributed by atoms with Gasteiger partial charge in [0.05, 0.1) is 31.3 Å².